The van der Waals surface area contributed by atoms with Crippen molar-refractivity contribution in [2.45, 2.75) is 25.9 Å². The summed E-state index contributed by atoms with van der Waals surface area (Å²) in [5, 5.41) is 6.97. The van der Waals surface area contributed by atoms with Gasteiger partial charge in [0, 0.05) is 17.7 Å². The number of carbonyl (C=O) groups excluding carboxylic acids is 2. The normalized spacial score (nSPS) is 12.9. The molecule has 0 heterocycles. The molecular weight excluding hydrogens is 302 g/mol. The van der Waals surface area contributed by atoms with E-state index in [-0.39, 0.29) is 11.9 Å². The van der Waals surface area contributed by atoms with Gasteiger partial charge in [-0.3, -0.25) is 10.1 Å². The summed E-state index contributed by atoms with van der Waals surface area (Å²) in [4.78, 5) is 24.3. The minimum atomic E-state index is -0.496. The molecule has 0 spiro atoms. The molecule has 4 N–H and O–H groups in total. The van der Waals surface area contributed by atoms with Crippen LogP contribution in [-0.4, -0.2) is 18.5 Å². The van der Waals surface area contributed by atoms with Crippen molar-refractivity contribution < 1.29 is 14.9 Å². The third kappa shape index (κ3) is 4.93. The van der Waals surface area contributed by atoms with Gasteiger partial charge in [-0.15, -0.1) is 0 Å². The molecule has 2 atom stereocenters. The summed E-state index contributed by atoms with van der Waals surface area (Å²) in [6, 6.07) is 18.6. The zero-order valence-corrected chi connectivity index (χ0v) is 14.0. The highest BCUT2D eigenvalue weighted by atomic mass is 16.2. The molecule has 24 heavy (non-hydrogen) atoms. The second-order valence-corrected chi connectivity index (χ2v) is 5.63. The van der Waals surface area contributed by atoms with Gasteiger partial charge in [0.2, 0.25) is 0 Å². The van der Waals surface area contributed by atoms with Gasteiger partial charge >= 0.3 is 6.03 Å². The molecule has 0 aliphatic heterocycles. The van der Waals surface area contributed by atoms with E-state index in [2.05, 4.69) is 10.6 Å². The van der Waals surface area contributed by atoms with Gasteiger partial charge < -0.3 is 10.6 Å². The van der Waals surface area contributed by atoms with Crippen LogP contribution in [0.25, 0.3) is 0 Å². The van der Waals surface area contributed by atoms with Gasteiger partial charge in [-0.05, 0) is 13.8 Å². The van der Waals surface area contributed by atoms with Crippen molar-refractivity contribution in [3.63, 3.8) is 0 Å². The molecule has 0 unspecified atom stereocenters. The maximum Gasteiger partial charge on any atom is 0.321 e. The number of quaternary nitrogens is 1. The van der Waals surface area contributed by atoms with Crippen molar-refractivity contribution in [2.24, 2.45) is 0 Å². The Labute approximate surface area is 142 Å². The Hall–Kier alpha value is -2.66. The molecule has 0 saturated carbocycles. The van der Waals surface area contributed by atoms with Gasteiger partial charge in [0.25, 0.3) is 5.91 Å². The largest absolute Gasteiger partial charge is 0.338 e. The van der Waals surface area contributed by atoms with E-state index in [4.69, 9.17) is 0 Å². The lowest BCUT2D eigenvalue weighted by Gasteiger charge is -2.20. The first kappa shape index (κ1) is 17.7. The minimum Gasteiger partial charge on any atom is -0.338 e. The van der Waals surface area contributed by atoms with Crippen molar-refractivity contribution in [3.05, 3.63) is 71.8 Å². The topological polar surface area (TPSA) is 74.8 Å². The lowest BCUT2D eigenvalue weighted by atomic mass is 10.0. The highest BCUT2D eigenvalue weighted by molar-refractivity contribution is 5.96. The van der Waals surface area contributed by atoms with E-state index in [0.29, 0.717) is 6.54 Å². The fourth-order valence-corrected chi connectivity index (χ4v) is 2.56. The first-order chi connectivity index (χ1) is 11.6. The third-order valence-electron chi connectivity index (χ3n) is 3.82. The minimum absolute atomic E-state index is 0.0800. The second kappa shape index (κ2) is 8.84. The number of nitrogens with one attached hydrogen (secondary N) is 2. The van der Waals surface area contributed by atoms with Crippen LogP contribution in [0.15, 0.2) is 60.7 Å². The van der Waals surface area contributed by atoms with E-state index >= 15 is 0 Å². The summed E-state index contributed by atoms with van der Waals surface area (Å²) in [7, 11) is 0. The molecule has 0 aliphatic carbocycles. The summed E-state index contributed by atoms with van der Waals surface area (Å²) in [5.41, 5.74) is 1.99. The van der Waals surface area contributed by atoms with Crippen LogP contribution in [0.2, 0.25) is 0 Å². The molecule has 0 aliphatic rings. The predicted molar refractivity (Wildman–Crippen MR) is 93.2 cm³/mol. The van der Waals surface area contributed by atoms with Gasteiger partial charge in [-0.2, -0.15) is 0 Å². The van der Waals surface area contributed by atoms with E-state index in [1.54, 1.807) is 0 Å². The summed E-state index contributed by atoms with van der Waals surface area (Å²) in [5.74, 6) is -0.324. The number of imide groups is 1. The summed E-state index contributed by atoms with van der Waals surface area (Å²) < 4.78 is 0. The zero-order valence-electron chi connectivity index (χ0n) is 14.0. The number of carbonyl (C=O) groups is 2. The smallest absolute Gasteiger partial charge is 0.321 e. The van der Waals surface area contributed by atoms with E-state index in [9.17, 15) is 9.59 Å². The van der Waals surface area contributed by atoms with Crippen LogP contribution in [0.5, 0.6) is 0 Å². The standard InChI is InChI=1S/C19H23N3O2/c1-3-20-19(24)22-18(23)17(16-12-8-5-9-13-16)21-14(2)15-10-6-4-7-11-15/h4-14,17,21H,3H2,1-2H3,(H2,20,22,23,24)/p+1/t14-,17-/m1/s1. The van der Waals surface area contributed by atoms with Crippen LogP contribution in [0, 0.1) is 0 Å². The van der Waals surface area contributed by atoms with Crippen LogP contribution >= 0.6 is 0 Å². The summed E-state index contributed by atoms with van der Waals surface area (Å²) in [6.07, 6.45) is 0. The van der Waals surface area contributed by atoms with Gasteiger partial charge in [-0.1, -0.05) is 60.7 Å². The molecule has 0 radical (unpaired) electrons. The Morgan fingerprint density at radius 3 is 2.04 bits per heavy atom. The van der Waals surface area contributed by atoms with Gasteiger partial charge in [0.05, 0.1) is 0 Å². The Morgan fingerprint density at radius 2 is 1.50 bits per heavy atom. The number of nitrogens with two attached hydrogens (primary N) is 1. The molecule has 5 heteroatoms. The molecule has 2 rings (SSSR count). The molecule has 5 nitrogen and oxygen atoms in total. The molecular formula is C19H24N3O2+. The number of amides is 3. The van der Waals surface area contributed by atoms with Crippen molar-refractivity contribution in [3.8, 4) is 0 Å². The predicted octanol–water partition coefficient (Wildman–Crippen LogP) is 1.90. The average molecular weight is 326 g/mol. The average Bonchev–Trinajstić information content (AvgIpc) is 2.61. The Kier molecular flexibility index (Phi) is 6.51. The fraction of sp³-hybridized carbons (Fsp3) is 0.263. The van der Waals surface area contributed by atoms with Crippen molar-refractivity contribution in [1.82, 2.24) is 10.6 Å². The molecule has 0 bridgehead atoms. The number of benzene rings is 2. The highest BCUT2D eigenvalue weighted by Gasteiger charge is 2.28. The van der Waals surface area contributed by atoms with E-state index < -0.39 is 12.1 Å². The van der Waals surface area contributed by atoms with Crippen molar-refractivity contribution in [1.29, 1.82) is 0 Å². The molecule has 3 amide bonds. The maximum atomic E-state index is 12.6. The first-order valence-corrected chi connectivity index (χ1v) is 8.15. The number of urea groups is 1. The van der Waals surface area contributed by atoms with Crippen LogP contribution in [0.4, 0.5) is 4.79 Å². The molecule has 2 aromatic rings. The quantitative estimate of drug-likeness (QED) is 0.758. The summed E-state index contributed by atoms with van der Waals surface area (Å²) >= 11 is 0. The first-order valence-electron chi connectivity index (χ1n) is 8.15. The second-order valence-electron chi connectivity index (χ2n) is 5.63. The van der Waals surface area contributed by atoms with E-state index in [1.165, 1.54) is 0 Å². The van der Waals surface area contributed by atoms with Crippen LogP contribution < -0.4 is 16.0 Å². The Bertz CT molecular complexity index is 659. The Morgan fingerprint density at radius 1 is 0.958 bits per heavy atom. The van der Waals surface area contributed by atoms with E-state index in [1.807, 2.05) is 79.8 Å². The molecule has 0 fully saturated rings. The number of rotatable bonds is 6. The summed E-state index contributed by atoms with van der Waals surface area (Å²) in [6.45, 7) is 4.33. The third-order valence-corrected chi connectivity index (χ3v) is 3.82. The molecule has 126 valence electrons. The van der Waals surface area contributed by atoms with Crippen LogP contribution in [0.3, 0.4) is 0 Å². The van der Waals surface area contributed by atoms with Gasteiger partial charge in [0.15, 0.2) is 6.04 Å². The maximum absolute atomic E-state index is 12.6. The number of hydrogen-bond acceptors (Lipinski definition) is 2. The van der Waals surface area contributed by atoms with Crippen LogP contribution in [-0.2, 0) is 4.79 Å². The Balaban J connectivity index is 2.17. The monoisotopic (exact) mass is 326 g/mol. The zero-order chi connectivity index (χ0) is 17.4. The number of hydrogen-bond donors (Lipinski definition) is 3. The lowest BCUT2D eigenvalue weighted by molar-refractivity contribution is -0.719. The molecule has 0 aromatic heterocycles. The van der Waals surface area contributed by atoms with Crippen molar-refractivity contribution >= 4 is 11.9 Å². The van der Waals surface area contributed by atoms with E-state index in [0.717, 1.165) is 11.1 Å². The van der Waals surface area contributed by atoms with Crippen molar-refractivity contribution in [2.75, 3.05) is 6.54 Å². The fourth-order valence-electron chi connectivity index (χ4n) is 2.56. The highest BCUT2D eigenvalue weighted by Crippen LogP contribution is 2.13. The van der Waals surface area contributed by atoms with Gasteiger partial charge in [0.1, 0.15) is 6.04 Å². The van der Waals surface area contributed by atoms with Crippen LogP contribution in [0.1, 0.15) is 37.1 Å². The molecule has 2 aromatic carbocycles. The molecule has 0 saturated heterocycles. The van der Waals surface area contributed by atoms with Gasteiger partial charge in [-0.25, -0.2) is 4.79 Å². The SMILES string of the molecule is CCNC(=O)NC(=O)[C@H]([NH2+][C@H](C)c1ccccc1)c1ccccc1. The lowest BCUT2D eigenvalue weighted by Crippen LogP contribution is -2.88.